The normalized spacial score (nSPS) is 18.4. The monoisotopic (exact) mass is 427 g/mol. The molecule has 6 nitrogen and oxygen atoms in total. The Balaban J connectivity index is 2.07. The Hall–Kier alpha value is -2.03. The van der Waals surface area contributed by atoms with Crippen LogP contribution in [0.15, 0.2) is 64.9 Å². The van der Waals surface area contributed by atoms with Crippen LogP contribution >= 0.6 is 11.6 Å². The third-order valence-corrected chi connectivity index (χ3v) is 7.48. The number of sulfone groups is 1. The second-order valence-corrected chi connectivity index (χ2v) is 10.1. The van der Waals surface area contributed by atoms with E-state index in [1.807, 2.05) is 6.92 Å². The first-order valence-corrected chi connectivity index (χ1v) is 11.7. The molecule has 0 aliphatic carbocycles. The number of sulfonamides is 1. The average molecular weight is 428 g/mol. The van der Waals surface area contributed by atoms with Gasteiger partial charge in [0.1, 0.15) is 5.75 Å². The highest BCUT2D eigenvalue weighted by Gasteiger charge is 2.35. The van der Waals surface area contributed by atoms with Gasteiger partial charge in [0.15, 0.2) is 9.84 Å². The van der Waals surface area contributed by atoms with E-state index in [1.54, 1.807) is 24.3 Å². The molecule has 0 unspecified atom stereocenters. The number of halogens is 1. The molecule has 1 aliphatic heterocycles. The minimum atomic E-state index is -4.01. The first kappa shape index (κ1) is 19.7. The van der Waals surface area contributed by atoms with Gasteiger partial charge in [-0.3, -0.25) is 4.31 Å². The van der Waals surface area contributed by atoms with Crippen LogP contribution in [0, 0.1) is 0 Å². The lowest BCUT2D eigenvalue weighted by atomic mass is 10.2. The SMILES string of the molecule is CCOc1ccc(N([C@H]2C=CS(=O)(=O)C2)S(=O)(=O)c2ccc(Cl)cc2)cc1. The molecule has 0 fully saturated rings. The van der Waals surface area contributed by atoms with Gasteiger partial charge < -0.3 is 4.74 Å². The summed E-state index contributed by atoms with van der Waals surface area (Å²) >= 11 is 5.86. The Morgan fingerprint density at radius 3 is 2.26 bits per heavy atom. The predicted molar refractivity (Wildman–Crippen MR) is 105 cm³/mol. The molecule has 0 saturated carbocycles. The van der Waals surface area contributed by atoms with E-state index >= 15 is 0 Å². The second-order valence-electron chi connectivity index (χ2n) is 5.91. The predicted octanol–water partition coefficient (Wildman–Crippen LogP) is 3.24. The molecule has 1 heterocycles. The third-order valence-electron chi connectivity index (χ3n) is 3.98. The highest BCUT2D eigenvalue weighted by Crippen LogP contribution is 2.31. The molecule has 0 spiro atoms. The van der Waals surface area contributed by atoms with Crippen molar-refractivity contribution in [3.8, 4) is 5.75 Å². The number of rotatable bonds is 6. The minimum absolute atomic E-state index is 0.0264. The summed E-state index contributed by atoms with van der Waals surface area (Å²) in [5.41, 5.74) is 0.347. The molecule has 0 radical (unpaired) electrons. The first-order valence-electron chi connectivity index (χ1n) is 8.17. The van der Waals surface area contributed by atoms with Crippen molar-refractivity contribution in [3.63, 3.8) is 0 Å². The molecule has 0 N–H and O–H groups in total. The van der Waals surface area contributed by atoms with Crippen molar-refractivity contribution in [2.24, 2.45) is 0 Å². The number of hydrogen-bond acceptors (Lipinski definition) is 5. The lowest BCUT2D eigenvalue weighted by molar-refractivity contribution is 0.340. The molecule has 2 aromatic carbocycles. The van der Waals surface area contributed by atoms with Gasteiger partial charge in [-0.2, -0.15) is 0 Å². The van der Waals surface area contributed by atoms with Gasteiger partial charge in [-0.05, 0) is 61.5 Å². The van der Waals surface area contributed by atoms with Crippen LogP contribution in [0.25, 0.3) is 0 Å². The van der Waals surface area contributed by atoms with Gasteiger partial charge in [-0.25, -0.2) is 16.8 Å². The number of benzene rings is 2. The lowest BCUT2D eigenvalue weighted by Crippen LogP contribution is -2.41. The quantitative estimate of drug-likeness (QED) is 0.706. The average Bonchev–Trinajstić information content (AvgIpc) is 2.96. The topological polar surface area (TPSA) is 80.8 Å². The summed E-state index contributed by atoms with van der Waals surface area (Å²) in [7, 11) is -7.46. The summed E-state index contributed by atoms with van der Waals surface area (Å²) in [6.07, 6.45) is 1.39. The lowest BCUT2D eigenvalue weighted by Gasteiger charge is -2.29. The molecule has 2 aromatic rings. The molecule has 1 atom stereocenters. The van der Waals surface area contributed by atoms with Crippen molar-refractivity contribution in [1.82, 2.24) is 0 Å². The van der Waals surface area contributed by atoms with Crippen molar-refractivity contribution in [2.75, 3.05) is 16.7 Å². The molecule has 0 amide bonds. The summed E-state index contributed by atoms with van der Waals surface area (Å²) in [6, 6.07) is 11.4. The maximum Gasteiger partial charge on any atom is 0.264 e. The van der Waals surface area contributed by atoms with E-state index in [0.29, 0.717) is 23.1 Å². The highest BCUT2D eigenvalue weighted by molar-refractivity contribution is 7.95. The highest BCUT2D eigenvalue weighted by atomic mass is 35.5. The van der Waals surface area contributed by atoms with Gasteiger partial charge in [-0.1, -0.05) is 11.6 Å². The fraction of sp³-hybridized carbons (Fsp3) is 0.222. The Labute approximate surface area is 164 Å². The smallest absolute Gasteiger partial charge is 0.264 e. The largest absolute Gasteiger partial charge is 0.494 e. The molecular weight excluding hydrogens is 410 g/mol. The fourth-order valence-corrected chi connectivity index (χ4v) is 5.89. The van der Waals surface area contributed by atoms with E-state index in [0.717, 1.165) is 9.71 Å². The van der Waals surface area contributed by atoms with Gasteiger partial charge in [0, 0.05) is 10.4 Å². The van der Waals surface area contributed by atoms with E-state index in [1.165, 1.54) is 30.3 Å². The van der Waals surface area contributed by atoms with Crippen molar-refractivity contribution >= 4 is 37.1 Å². The molecule has 3 rings (SSSR count). The second kappa shape index (κ2) is 7.53. The van der Waals surface area contributed by atoms with Crippen LogP contribution in [-0.2, 0) is 19.9 Å². The van der Waals surface area contributed by atoms with Crippen LogP contribution in [-0.4, -0.2) is 35.2 Å². The minimum Gasteiger partial charge on any atom is -0.494 e. The number of anilines is 1. The van der Waals surface area contributed by atoms with Gasteiger partial charge in [0.05, 0.1) is 29.0 Å². The molecule has 0 aromatic heterocycles. The number of ether oxygens (including phenoxy) is 1. The number of hydrogen-bond donors (Lipinski definition) is 0. The third kappa shape index (κ3) is 4.28. The van der Waals surface area contributed by atoms with Crippen LogP contribution in [0.2, 0.25) is 5.02 Å². The van der Waals surface area contributed by atoms with Gasteiger partial charge >= 0.3 is 0 Å². The maximum atomic E-state index is 13.3. The van der Waals surface area contributed by atoms with E-state index < -0.39 is 25.9 Å². The van der Waals surface area contributed by atoms with E-state index in [4.69, 9.17) is 16.3 Å². The Morgan fingerprint density at radius 1 is 1.11 bits per heavy atom. The summed E-state index contributed by atoms with van der Waals surface area (Å²) in [5, 5.41) is 1.46. The Kier molecular flexibility index (Phi) is 5.50. The van der Waals surface area contributed by atoms with E-state index in [9.17, 15) is 16.8 Å². The molecule has 1 aliphatic rings. The van der Waals surface area contributed by atoms with Crippen molar-refractivity contribution in [2.45, 2.75) is 17.9 Å². The molecule has 9 heteroatoms. The maximum absolute atomic E-state index is 13.3. The summed E-state index contributed by atoms with van der Waals surface area (Å²) in [5.74, 6) is 0.284. The van der Waals surface area contributed by atoms with Gasteiger partial charge in [-0.15, -0.1) is 0 Å². The van der Waals surface area contributed by atoms with Crippen molar-refractivity contribution in [3.05, 3.63) is 65.0 Å². The van der Waals surface area contributed by atoms with E-state index in [-0.39, 0.29) is 10.6 Å². The van der Waals surface area contributed by atoms with Crippen LogP contribution in [0.4, 0.5) is 5.69 Å². The molecule has 0 saturated heterocycles. The van der Waals surface area contributed by atoms with Gasteiger partial charge in [0.25, 0.3) is 10.0 Å². The van der Waals surface area contributed by atoms with Gasteiger partial charge in [0.2, 0.25) is 0 Å². The van der Waals surface area contributed by atoms with Crippen molar-refractivity contribution < 1.29 is 21.6 Å². The molecular formula is C18H18ClNO5S2. The molecule has 144 valence electrons. The van der Waals surface area contributed by atoms with Crippen LogP contribution in [0.3, 0.4) is 0 Å². The zero-order valence-electron chi connectivity index (χ0n) is 14.4. The fourth-order valence-electron chi connectivity index (χ4n) is 2.79. The van der Waals surface area contributed by atoms with Crippen LogP contribution < -0.4 is 9.04 Å². The standard InChI is InChI=1S/C18H18ClNO5S2/c1-2-25-17-7-5-15(6-8-17)20(16-11-12-26(21,22)13-16)27(23,24)18-9-3-14(19)4-10-18/h3-12,16H,2,13H2,1H3/t16-/m0/s1. The zero-order valence-corrected chi connectivity index (χ0v) is 16.8. The Bertz CT molecular complexity index is 1050. The van der Waals surface area contributed by atoms with Crippen LogP contribution in [0.1, 0.15) is 6.92 Å². The molecule has 27 heavy (non-hydrogen) atoms. The summed E-state index contributed by atoms with van der Waals surface area (Å²) < 4.78 is 56.8. The molecule has 0 bridgehead atoms. The van der Waals surface area contributed by atoms with E-state index in [2.05, 4.69) is 0 Å². The first-order chi connectivity index (χ1) is 12.7. The summed E-state index contributed by atoms with van der Waals surface area (Å²) in [4.78, 5) is 0.0264. The zero-order chi connectivity index (χ0) is 19.7. The summed E-state index contributed by atoms with van der Waals surface area (Å²) in [6.45, 7) is 2.33. The number of nitrogens with zero attached hydrogens (tertiary/aromatic N) is 1. The van der Waals surface area contributed by atoms with Crippen LogP contribution in [0.5, 0.6) is 5.75 Å². The Morgan fingerprint density at radius 2 is 1.74 bits per heavy atom. The van der Waals surface area contributed by atoms with Crippen molar-refractivity contribution in [1.29, 1.82) is 0 Å².